The SMILES string of the molecule is CCC(=O)OCCC(O)[N+](=O)[O-]. The Balaban J connectivity index is 3.43. The van der Waals surface area contributed by atoms with Crippen molar-refractivity contribution in [1.82, 2.24) is 0 Å². The number of aliphatic hydroxyl groups excluding tert-OH is 1. The highest BCUT2D eigenvalue weighted by molar-refractivity contribution is 5.68. The van der Waals surface area contributed by atoms with Gasteiger partial charge in [-0.1, -0.05) is 6.92 Å². The lowest BCUT2D eigenvalue weighted by Crippen LogP contribution is -2.21. The molecule has 0 fully saturated rings. The fraction of sp³-hybridized carbons (Fsp3) is 0.833. The number of ether oxygens (including phenoxy) is 1. The molecule has 0 aliphatic heterocycles. The van der Waals surface area contributed by atoms with Crippen LogP contribution in [-0.2, 0) is 9.53 Å². The van der Waals surface area contributed by atoms with Gasteiger partial charge in [0.1, 0.15) is 6.61 Å². The molecule has 0 spiro atoms. The molecule has 1 unspecified atom stereocenters. The normalized spacial score (nSPS) is 12.2. The van der Waals surface area contributed by atoms with Gasteiger partial charge < -0.3 is 9.84 Å². The average molecular weight is 177 g/mol. The van der Waals surface area contributed by atoms with Crippen LogP contribution < -0.4 is 0 Å². The van der Waals surface area contributed by atoms with Crippen LogP contribution in [0.3, 0.4) is 0 Å². The van der Waals surface area contributed by atoms with E-state index in [0.29, 0.717) is 0 Å². The second-order valence-corrected chi connectivity index (χ2v) is 2.13. The molecule has 12 heavy (non-hydrogen) atoms. The Kier molecular flexibility index (Phi) is 4.94. The summed E-state index contributed by atoms with van der Waals surface area (Å²) in [6.45, 7) is 1.50. The molecule has 0 heterocycles. The van der Waals surface area contributed by atoms with Crippen LogP contribution in [-0.4, -0.2) is 28.8 Å². The van der Waals surface area contributed by atoms with Gasteiger partial charge in [0.25, 0.3) is 0 Å². The molecule has 6 nitrogen and oxygen atoms in total. The molecule has 0 rings (SSSR count). The molecule has 0 aromatic rings. The third-order valence-electron chi connectivity index (χ3n) is 1.17. The van der Waals surface area contributed by atoms with E-state index in [9.17, 15) is 14.9 Å². The van der Waals surface area contributed by atoms with Gasteiger partial charge in [0.2, 0.25) is 0 Å². The number of esters is 1. The summed E-state index contributed by atoms with van der Waals surface area (Å²) in [5.41, 5.74) is 0. The van der Waals surface area contributed by atoms with E-state index in [1.807, 2.05) is 0 Å². The monoisotopic (exact) mass is 177 g/mol. The molecule has 0 saturated heterocycles. The summed E-state index contributed by atoms with van der Waals surface area (Å²) in [5.74, 6) is -0.425. The Labute approximate surface area is 69.3 Å². The number of hydrogen-bond acceptors (Lipinski definition) is 5. The number of nitrogens with zero attached hydrogens (tertiary/aromatic N) is 1. The van der Waals surface area contributed by atoms with Crippen molar-refractivity contribution >= 4 is 5.97 Å². The van der Waals surface area contributed by atoms with Gasteiger partial charge in [0.05, 0.1) is 11.3 Å². The minimum atomic E-state index is -1.64. The van der Waals surface area contributed by atoms with Crippen molar-refractivity contribution in [2.45, 2.75) is 26.0 Å². The fourth-order valence-electron chi connectivity index (χ4n) is 0.486. The molecule has 0 aromatic carbocycles. The van der Waals surface area contributed by atoms with Crippen molar-refractivity contribution in [2.24, 2.45) is 0 Å². The fourth-order valence-corrected chi connectivity index (χ4v) is 0.486. The topological polar surface area (TPSA) is 89.7 Å². The third-order valence-corrected chi connectivity index (χ3v) is 1.17. The Morgan fingerprint density at radius 1 is 1.75 bits per heavy atom. The predicted molar refractivity (Wildman–Crippen MR) is 38.9 cm³/mol. The highest BCUT2D eigenvalue weighted by atomic mass is 16.7. The lowest BCUT2D eigenvalue weighted by Gasteiger charge is -2.03. The predicted octanol–water partition coefficient (Wildman–Crippen LogP) is -0.0752. The molecule has 0 radical (unpaired) electrons. The van der Waals surface area contributed by atoms with Crippen LogP contribution in [0.5, 0.6) is 0 Å². The summed E-state index contributed by atoms with van der Waals surface area (Å²) in [7, 11) is 0. The van der Waals surface area contributed by atoms with Crippen LogP contribution in [0.4, 0.5) is 0 Å². The number of carbonyl (C=O) groups is 1. The van der Waals surface area contributed by atoms with Crippen LogP contribution in [0.1, 0.15) is 19.8 Å². The van der Waals surface area contributed by atoms with Crippen molar-refractivity contribution in [3.63, 3.8) is 0 Å². The maximum Gasteiger partial charge on any atom is 0.316 e. The standard InChI is InChI=1S/C6H11NO5/c1-2-6(9)12-4-3-5(8)7(10)11/h5,8H,2-4H2,1H3. The van der Waals surface area contributed by atoms with E-state index in [4.69, 9.17) is 5.11 Å². The van der Waals surface area contributed by atoms with Crippen LogP contribution >= 0.6 is 0 Å². The quantitative estimate of drug-likeness (QED) is 0.274. The molecule has 1 N–H and O–H groups in total. The van der Waals surface area contributed by atoms with Crippen molar-refractivity contribution < 1.29 is 19.6 Å². The first-order valence-electron chi connectivity index (χ1n) is 3.55. The summed E-state index contributed by atoms with van der Waals surface area (Å²) >= 11 is 0. The van der Waals surface area contributed by atoms with Gasteiger partial charge in [-0.05, 0) is 0 Å². The molecule has 0 saturated carbocycles. The van der Waals surface area contributed by atoms with Crippen molar-refractivity contribution in [3.05, 3.63) is 10.1 Å². The van der Waals surface area contributed by atoms with Crippen LogP contribution in [0, 0.1) is 10.1 Å². The first kappa shape index (κ1) is 10.8. The summed E-state index contributed by atoms with van der Waals surface area (Å²) in [6.07, 6.45) is -1.58. The molecular formula is C6H11NO5. The summed E-state index contributed by atoms with van der Waals surface area (Å²) in [4.78, 5) is 19.5. The van der Waals surface area contributed by atoms with E-state index in [0.717, 1.165) is 0 Å². The van der Waals surface area contributed by atoms with Gasteiger partial charge in [-0.3, -0.25) is 14.9 Å². The zero-order valence-electron chi connectivity index (χ0n) is 6.73. The molecule has 0 amide bonds. The second kappa shape index (κ2) is 5.48. The van der Waals surface area contributed by atoms with Crippen LogP contribution in [0.2, 0.25) is 0 Å². The van der Waals surface area contributed by atoms with E-state index < -0.39 is 17.1 Å². The molecule has 6 heteroatoms. The van der Waals surface area contributed by atoms with Gasteiger partial charge in [-0.25, -0.2) is 0 Å². The third kappa shape index (κ3) is 4.62. The van der Waals surface area contributed by atoms with Crippen molar-refractivity contribution in [2.75, 3.05) is 6.61 Å². The molecule has 0 aromatic heterocycles. The Bertz CT molecular complexity index is 169. The molecule has 0 bridgehead atoms. The largest absolute Gasteiger partial charge is 0.465 e. The highest BCUT2D eigenvalue weighted by Gasteiger charge is 2.14. The van der Waals surface area contributed by atoms with E-state index in [-0.39, 0.29) is 19.4 Å². The van der Waals surface area contributed by atoms with Gasteiger partial charge in [0, 0.05) is 6.42 Å². The number of hydrogen-bond donors (Lipinski definition) is 1. The van der Waals surface area contributed by atoms with E-state index >= 15 is 0 Å². The molecule has 0 aliphatic rings. The molecule has 70 valence electrons. The van der Waals surface area contributed by atoms with Gasteiger partial charge in [-0.2, -0.15) is 0 Å². The van der Waals surface area contributed by atoms with Gasteiger partial charge in [0.15, 0.2) is 0 Å². The van der Waals surface area contributed by atoms with Crippen molar-refractivity contribution in [1.29, 1.82) is 0 Å². The molecular weight excluding hydrogens is 166 g/mol. The van der Waals surface area contributed by atoms with Crippen LogP contribution in [0.25, 0.3) is 0 Å². The lowest BCUT2D eigenvalue weighted by molar-refractivity contribution is -0.571. The minimum absolute atomic E-state index is 0.116. The maximum absolute atomic E-state index is 10.5. The summed E-state index contributed by atoms with van der Waals surface area (Å²) in [6, 6.07) is 0. The summed E-state index contributed by atoms with van der Waals surface area (Å²) in [5, 5.41) is 18.5. The number of aliphatic hydroxyl groups is 1. The van der Waals surface area contributed by atoms with Crippen molar-refractivity contribution in [3.8, 4) is 0 Å². The van der Waals surface area contributed by atoms with E-state index in [2.05, 4.69) is 4.74 Å². The number of rotatable bonds is 5. The average Bonchev–Trinajstić information content (AvgIpc) is 2.03. The Hall–Kier alpha value is -1.17. The smallest absolute Gasteiger partial charge is 0.316 e. The Morgan fingerprint density at radius 3 is 2.75 bits per heavy atom. The second-order valence-electron chi connectivity index (χ2n) is 2.13. The van der Waals surface area contributed by atoms with E-state index in [1.54, 1.807) is 6.92 Å². The molecule has 0 aliphatic carbocycles. The molecule has 1 atom stereocenters. The first-order chi connectivity index (χ1) is 5.57. The minimum Gasteiger partial charge on any atom is -0.465 e. The van der Waals surface area contributed by atoms with Crippen LogP contribution in [0.15, 0.2) is 0 Å². The maximum atomic E-state index is 10.5. The zero-order chi connectivity index (χ0) is 9.56. The van der Waals surface area contributed by atoms with Gasteiger partial charge >= 0.3 is 12.2 Å². The first-order valence-corrected chi connectivity index (χ1v) is 3.55. The zero-order valence-corrected chi connectivity index (χ0v) is 6.73. The Morgan fingerprint density at radius 2 is 2.33 bits per heavy atom. The highest BCUT2D eigenvalue weighted by Crippen LogP contribution is 1.94. The van der Waals surface area contributed by atoms with Gasteiger partial charge in [-0.15, -0.1) is 0 Å². The number of nitro groups is 1. The lowest BCUT2D eigenvalue weighted by atomic mass is 10.4. The number of carbonyl (C=O) groups excluding carboxylic acids is 1. The summed E-state index contributed by atoms with van der Waals surface area (Å²) < 4.78 is 4.51. The van der Waals surface area contributed by atoms with E-state index in [1.165, 1.54) is 0 Å².